The molecule has 0 radical (unpaired) electrons. The molecular weight excluding hydrogens is 424 g/mol. The van der Waals surface area contributed by atoms with Crippen LogP contribution in [0.25, 0.3) is 0 Å². The first-order chi connectivity index (χ1) is 15.1. The fourth-order valence-corrected chi connectivity index (χ4v) is 5.98. The van der Waals surface area contributed by atoms with E-state index in [1.165, 1.54) is 16.8 Å². The van der Waals surface area contributed by atoms with E-state index >= 15 is 0 Å². The Morgan fingerprint density at radius 3 is 2.56 bits per heavy atom. The highest BCUT2D eigenvalue weighted by atomic mass is 32.2. The standard InChI is InChI=1S/C25H34N2O4S/c1-19-9-10-20(2)22(17-19)26-11-13-27(14-12-26)32(28,29)16-6-15-30-23-8-5-7-21-18-25(3,4)31-24(21)23/h5,7-10,17H,6,11-16,18H2,1-4H3. The van der Waals surface area contributed by atoms with Gasteiger partial charge in [0.05, 0.1) is 12.4 Å². The normalized spacial score (nSPS) is 18.3. The summed E-state index contributed by atoms with van der Waals surface area (Å²) in [7, 11) is -3.30. The molecule has 6 nitrogen and oxygen atoms in total. The number of fused-ring (bicyclic) bond motifs is 1. The number of hydrogen-bond acceptors (Lipinski definition) is 5. The molecule has 1 saturated heterocycles. The van der Waals surface area contributed by atoms with E-state index in [1.807, 2.05) is 12.1 Å². The highest BCUT2D eigenvalue weighted by Gasteiger charge is 2.32. The van der Waals surface area contributed by atoms with E-state index in [-0.39, 0.29) is 11.4 Å². The minimum Gasteiger partial charge on any atom is -0.490 e. The molecule has 2 heterocycles. The van der Waals surface area contributed by atoms with Crippen molar-refractivity contribution in [2.45, 2.75) is 46.1 Å². The number of para-hydroxylation sites is 1. The van der Waals surface area contributed by atoms with Crippen LogP contribution in [0.15, 0.2) is 36.4 Å². The molecule has 0 amide bonds. The molecule has 0 saturated carbocycles. The lowest BCUT2D eigenvalue weighted by Crippen LogP contribution is -2.49. The number of hydrogen-bond donors (Lipinski definition) is 0. The van der Waals surface area contributed by atoms with Gasteiger partial charge >= 0.3 is 0 Å². The second kappa shape index (κ2) is 8.94. The van der Waals surface area contributed by atoms with Gasteiger partial charge in [0.15, 0.2) is 11.5 Å². The lowest BCUT2D eigenvalue weighted by atomic mass is 10.0. The molecular formula is C25H34N2O4S. The van der Waals surface area contributed by atoms with E-state index in [1.54, 1.807) is 4.31 Å². The van der Waals surface area contributed by atoms with Crippen LogP contribution in [0.2, 0.25) is 0 Å². The minimum atomic E-state index is -3.30. The van der Waals surface area contributed by atoms with Gasteiger partial charge < -0.3 is 14.4 Å². The first-order valence-corrected chi connectivity index (χ1v) is 13.0. The third kappa shape index (κ3) is 5.04. The monoisotopic (exact) mass is 458 g/mol. The van der Waals surface area contributed by atoms with Crippen molar-refractivity contribution in [2.24, 2.45) is 0 Å². The molecule has 2 aromatic carbocycles. The number of sulfonamides is 1. The maximum absolute atomic E-state index is 12.9. The number of anilines is 1. The lowest BCUT2D eigenvalue weighted by Gasteiger charge is -2.36. The SMILES string of the molecule is Cc1ccc(C)c(N2CCN(S(=O)(=O)CCCOc3cccc4c3OC(C)(C)C4)CC2)c1. The summed E-state index contributed by atoms with van der Waals surface area (Å²) in [5.74, 6) is 1.59. The Hall–Kier alpha value is -2.25. The maximum atomic E-state index is 12.9. The van der Waals surface area contributed by atoms with E-state index in [0.717, 1.165) is 17.7 Å². The largest absolute Gasteiger partial charge is 0.490 e. The summed E-state index contributed by atoms with van der Waals surface area (Å²) in [6, 6.07) is 12.3. The summed E-state index contributed by atoms with van der Waals surface area (Å²) in [5.41, 5.74) is 4.56. The van der Waals surface area contributed by atoms with Crippen LogP contribution in [0.1, 0.15) is 37.0 Å². The number of aryl methyl sites for hydroxylation is 2. The van der Waals surface area contributed by atoms with E-state index in [0.29, 0.717) is 45.0 Å². The van der Waals surface area contributed by atoms with E-state index in [2.05, 4.69) is 56.9 Å². The van der Waals surface area contributed by atoms with Crippen LogP contribution in [-0.4, -0.2) is 56.9 Å². The Bertz CT molecular complexity index is 1070. The maximum Gasteiger partial charge on any atom is 0.214 e. The van der Waals surface area contributed by atoms with Gasteiger partial charge in [-0.25, -0.2) is 8.42 Å². The van der Waals surface area contributed by atoms with Crippen LogP contribution >= 0.6 is 0 Å². The smallest absolute Gasteiger partial charge is 0.214 e. The third-order valence-corrected chi connectivity index (χ3v) is 8.15. The molecule has 0 bridgehead atoms. The molecule has 0 spiro atoms. The number of ether oxygens (including phenoxy) is 2. The fraction of sp³-hybridized carbons (Fsp3) is 0.520. The van der Waals surface area contributed by atoms with Gasteiger partial charge in [0.25, 0.3) is 0 Å². The van der Waals surface area contributed by atoms with Crippen LogP contribution in [0.4, 0.5) is 5.69 Å². The summed E-state index contributed by atoms with van der Waals surface area (Å²) in [6.07, 6.45) is 1.30. The molecule has 7 heteroatoms. The molecule has 2 aliphatic heterocycles. The molecule has 0 aliphatic carbocycles. The zero-order valence-corrected chi connectivity index (χ0v) is 20.4. The Morgan fingerprint density at radius 1 is 1.06 bits per heavy atom. The average molecular weight is 459 g/mol. The van der Waals surface area contributed by atoms with Crippen LogP contribution < -0.4 is 14.4 Å². The zero-order valence-electron chi connectivity index (χ0n) is 19.6. The van der Waals surface area contributed by atoms with Gasteiger partial charge in [0.1, 0.15) is 5.60 Å². The van der Waals surface area contributed by atoms with Crippen molar-refractivity contribution in [1.82, 2.24) is 4.31 Å². The predicted octanol–water partition coefficient (Wildman–Crippen LogP) is 3.94. The molecule has 0 atom stereocenters. The third-order valence-electron chi connectivity index (χ3n) is 6.20. The van der Waals surface area contributed by atoms with Crippen molar-refractivity contribution < 1.29 is 17.9 Å². The van der Waals surface area contributed by atoms with Crippen molar-refractivity contribution in [2.75, 3.05) is 43.4 Å². The number of rotatable bonds is 7. The van der Waals surface area contributed by atoms with Crippen LogP contribution in [0.3, 0.4) is 0 Å². The second-order valence-corrected chi connectivity index (χ2v) is 11.6. The number of nitrogens with zero attached hydrogens (tertiary/aromatic N) is 2. The average Bonchev–Trinajstić information content (AvgIpc) is 3.07. The van der Waals surface area contributed by atoms with Crippen molar-refractivity contribution in [3.8, 4) is 11.5 Å². The highest BCUT2D eigenvalue weighted by Crippen LogP contribution is 2.41. The van der Waals surface area contributed by atoms with Crippen LogP contribution in [-0.2, 0) is 16.4 Å². The van der Waals surface area contributed by atoms with E-state index < -0.39 is 10.0 Å². The summed E-state index contributed by atoms with van der Waals surface area (Å²) >= 11 is 0. The molecule has 2 aliphatic rings. The fourth-order valence-electron chi connectivity index (χ4n) is 4.52. The zero-order chi connectivity index (χ0) is 22.9. The Balaban J connectivity index is 1.27. The predicted molar refractivity (Wildman–Crippen MR) is 128 cm³/mol. The molecule has 0 N–H and O–H groups in total. The van der Waals surface area contributed by atoms with Crippen LogP contribution in [0, 0.1) is 13.8 Å². The Labute approximate surface area is 192 Å². The topological polar surface area (TPSA) is 59.1 Å². The number of piperazine rings is 1. The van der Waals surface area contributed by atoms with Gasteiger partial charge in [-0.3, -0.25) is 0 Å². The summed E-state index contributed by atoms with van der Waals surface area (Å²) < 4.78 is 39.3. The van der Waals surface area contributed by atoms with E-state index in [9.17, 15) is 8.42 Å². The highest BCUT2D eigenvalue weighted by molar-refractivity contribution is 7.89. The van der Waals surface area contributed by atoms with E-state index in [4.69, 9.17) is 9.47 Å². The molecule has 4 rings (SSSR count). The van der Waals surface area contributed by atoms with Crippen molar-refractivity contribution in [3.05, 3.63) is 53.1 Å². The molecule has 32 heavy (non-hydrogen) atoms. The quantitative estimate of drug-likeness (QED) is 0.588. The first kappa shape index (κ1) is 22.9. The van der Waals surface area contributed by atoms with Crippen molar-refractivity contribution in [1.29, 1.82) is 0 Å². The molecule has 1 fully saturated rings. The first-order valence-electron chi connectivity index (χ1n) is 11.4. The Kier molecular flexibility index (Phi) is 6.41. The van der Waals surface area contributed by atoms with Gasteiger partial charge in [0.2, 0.25) is 10.0 Å². The number of benzene rings is 2. The molecule has 0 unspecified atom stereocenters. The van der Waals surface area contributed by atoms with Crippen LogP contribution in [0.5, 0.6) is 11.5 Å². The lowest BCUT2D eigenvalue weighted by molar-refractivity contribution is 0.132. The van der Waals surface area contributed by atoms with Gasteiger partial charge in [0, 0.05) is 43.9 Å². The molecule has 2 aromatic rings. The second-order valence-electron chi connectivity index (χ2n) is 9.48. The molecule has 0 aromatic heterocycles. The summed E-state index contributed by atoms with van der Waals surface area (Å²) in [4.78, 5) is 2.29. The molecule has 174 valence electrons. The van der Waals surface area contributed by atoms with Gasteiger partial charge in [-0.05, 0) is 57.4 Å². The van der Waals surface area contributed by atoms with Gasteiger partial charge in [-0.15, -0.1) is 0 Å². The van der Waals surface area contributed by atoms with Crippen molar-refractivity contribution >= 4 is 15.7 Å². The Morgan fingerprint density at radius 2 is 1.81 bits per heavy atom. The van der Waals surface area contributed by atoms with Gasteiger partial charge in [-0.2, -0.15) is 4.31 Å². The van der Waals surface area contributed by atoms with Gasteiger partial charge in [-0.1, -0.05) is 24.3 Å². The summed E-state index contributed by atoms with van der Waals surface area (Å²) in [5, 5.41) is 0. The summed E-state index contributed by atoms with van der Waals surface area (Å²) in [6.45, 7) is 11.1. The minimum absolute atomic E-state index is 0.0951. The van der Waals surface area contributed by atoms with Crippen molar-refractivity contribution in [3.63, 3.8) is 0 Å².